The SMILES string of the molecule is C#CCNS(=O)(=O)c1ccc(C(=O)N(CC)CC(=O)NCC)cc1. The van der Waals surface area contributed by atoms with Gasteiger partial charge in [-0.25, -0.2) is 8.42 Å². The number of benzene rings is 1. The van der Waals surface area contributed by atoms with E-state index >= 15 is 0 Å². The van der Waals surface area contributed by atoms with Gasteiger partial charge in [0.1, 0.15) is 0 Å². The highest BCUT2D eigenvalue weighted by Gasteiger charge is 2.18. The van der Waals surface area contributed by atoms with Crippen molar-refractivity contribution >= 4 is 21.8 Å². The monoisotopic (exact) mass is 351 g/mol. The van der Waals surface area contributed by atoms with Gasteiger partial charge in [-0.15, -0.1) is 6.42 Å². The molecular weight excluding hydrogens is 330 g/mol. The number of amides is 2. The minimum Gasteiger partial charge on any atom is -0.355 e. The molecule has 0 aliphatic carbocycles. The number of hydrogen-bond acceptors (Lipinski definition) is 4. The van der Waals surface area contributed by atoms with E-state index in [-0.39, 0.29) is 29.8 Å². The average molecular weight is 351 g/mol. The number of terminal acetylenes is 1. The first kappa shape index (κ1) is 19.7. The van der Waals surface area contributed by atoms with Crippen molar-refractivity contribution in [3.63, 3.8) is 0 Å². The third kappa shape index (κ3) is 5.37. The second-order valence-electron chi connectivity index (χ2n) is 4.83. The summed E-state index contributed by atoms with van der Waals surface area (Å²) in [7, 11) is -3.70. The third-order valence-corrected chi connectivity index (χ3v) is 4.57. The van der Waals surface area contributed by atoms with Crippen LogP contribution in [0.1, 0.15) is 24.2 Å². The first-order chi connectivity index (χ1) is 11.4. The number of hydrogen-bond donors (Lipinski definition) is 2. The van der Waals surface area contributed by atoms with Crippen LogP contribution in [-0.2, 0) is 14.8 Å². The fourth-order valence-corrected chi connectivity index (χ4v) is 2.87. The topological polar surface area (TPSA) is 95.6 Å². The lowest BCUT2D eigenvalue weighted by atomic mass is 10.2. The Morgan fingerprint density at radius 3 is 2.33 bits per heavy atom. The molecule has 1 aromatic carbocycles. The summed E-state index contributed by atoms with van der Waals surface area (Å²) < 4.78 is 26.1. The second kappa shape index (κ2) is 9.05. The van der Waals surface area contributed by atoms with Gasteiger partial charge < -0.3 is 10.2 Å². The molecule has 1 rings (SSSR count). The molecule has 0 saturated heterocycles. The lowest BCUT2D eigenvalue weighted by Gasteiger charge is -2.20. The van der Waals surface area contributed by atoms with Crippen LogP contribution in [0.5, 0.6) is 0 Å². The molecule has 24 heavy (non-hydrogen) atoms. The highest BCUT2D eigenvalue weighted by molar-refractivity contribution is 7.89. The Balaban J connectivity index is 2.89. The lowest BCUT2D eigenvalue weighted by Crippen LogP contribution is -2.40. The summed E-state index contributed by atoms with van der Waals surface area (Å²) in [5.74, 6) is 1.60. The predicted octanol–water partition coefficient (Wildman–Crippen LogP) is 0.196. The van der Waals surface area contributed by atoms with Gasteiger partial charge in [-0.05, 0) is 38.1 Å². The van der Waals surface area contributed by atoms with Gasteiger partial charge in [0.15, 0.2) is 0 Å². The summed E-state index contributed by atoms with van der Waals surface area (Å²) in [6.07, 6.45) is 5.03. The van der Waals surface area contributed by atoms with Gasteiger partial charge in [0, 0.05) is 18.7 Å². The number of carbonyl (C=O) groups excluding carboxylic acids is 2. The van der Waals surface area contributed by atoms with Crippen LogP contribution in [0.4, 0.5) is 0 Å². The van der Waals surface area contributed by atoms with Gasteiger partial charge in [0.25, 0.3) is 5.91 Å². The molecule has 0 atom stereocenters. The van der Waals surface area contributed by atoms with E-state index < -0.39 is 10.0 Å². The fourth-order valence-electron chi connectivity index (χ4n) is 1.93. The summed E-state index contributed by atoms with van der Waals surface area (Å²) in [6.45, 7) is 4.25. The largest absolute Gasteiger partial charge is 0.355 e. The van der Waals surface area contributed by atoms with Crippen molar-refractivity contribution in [1.29, 1.82) is 0 Å². The van der Waals surface area contributed by atoms with Crippen molar-refractivity contribution in [2.45, 2.75) is 18.7 Å². The van der Waals surface area contributed by atoms with Crippen LogP contribution in [0.15, 0.2) is 29.2 Å². The van der Waals surface area contributed by atoms with E-state index in [1.165, 1.54) is 29.2 Å². The molecule has 0 heterocycles. The van der Waals surface area contributed by atoms with E-state index in [1.54, 1.807) is 13.8 Å². The van der Waals surface area contributed by atoms with E-state index in [9.17, 15) is 18.0 Å². The molecule has 1 aromatic rings. The van der Waals surface area contributed by atoms with Gasteiger partial charge in [-0.3, -0.25) is 9.59 Å². The Morgan fingerprint density at radius 2 is 1.83 bits per heavy atom. The van der Waals surface area contributed by atoms with E-state index in [0.717, 1.165) is 0 Å². The molecule has 0 unspecified atom stereocenters. The number of nitrogens with one attached hydrogen (secondary N) is 2. The van der Waals surface area contributed by atoms with Gasteiger partial charge in [-0.2, -0.15) is 4.72 Å². The Bertz CT molecular complexity index is 721. The number of nitrogens with zero attached hydrogens (tertiary/aromatic N) is 1. The number of carbonyl (C=O) groups is 2. The van der Waals surface area contributed by atoms with E-state index in [2.05, 4.69) is 16.0 Å². The zero-order chi connectivity index (χ0) is 18.2. The summed E-state index contributed by atoms with van der Waals surface area (Å²) >= 11 is 0. The van der Waals surface area contributed by atoms with Gasteiger partial charge in [0.05, 0.1) is 18.0 Å². The second-order valence-corrected chi connectivity index (χ2v) is 6.59. The third-order valence-electron chi connectivity index (χ3n) is 3.15. The molecule has 0 aliphatic heterocycles. The van der Waals surface area contributed by atoms with Gasteiger partial charge in [-0.1, -0.05) is 5.92 Å². The summed E-state index contributed by atoms with van der Waals surface area (Å²) in [4.78, 5) is 25.4. The Kier molecular flexibility index (Phi) is 7.42. The van der Waals surface area contributed by atoms with Crippen LogP contribution in [-0.4, -0.2) is 51.3 Å². The minimum absolute atomic E-state index is 0.0149. The molecule has 8 heteroatoms. The Morgan fingerprint density at radius 1 is 1.21 bits per heavy atom. The van der Waals surface area contributed by atoms with Crippen LogP contribution in [0, 0.1) is 12.3 Å². The number of rotatable bonds is 8. The summed E-state index contributed by atoms with van der Waals surface area (Å²) in [5.41, 5.74) is 0.303. The maximum absolute atomic E-state index is 12.4. The van der Waals surface area contributed by atoms with Crippen molar-refractivity contribution < 1.29 is 18.0 Å². The van der Waals surface area contributed by atoms with Crippen LogP contribution in [0.3, 0.4) is 0 Å². The zero-order valence-electron chi connectivity index (χ0n) is 13.7. The number of likely N-dealkylation sites (N-methyl/N-ethyl adjacent to an activating group) is 2. The molecule has 0 spiro atoms. The van der Waals surface area contributed by atoms with Crippen LogP contribution >= 0.6 is 0 Å². The molecule has 2 amide bonds. The Labute approximate surface area is 142 Å². The maximum atomic E-state index is 12.4. The van der Waals surface area contributed by atoms with E-state index in [4.69, 9.17) is 6.42 Å². The van der Waals surface area contributed by atoms with Crippen molar-refractivity contribution in [1.82, 2.24) is 14.9 Å². The standard InChI is InChI=1S/C16H21N3O4S/c1-4-11-18-24(22,23)14-9-7-13(8-10-14)16(21)19(6-3)12-15(20)17-5-2/h1,7-10,18H,5-6,11-12H2,2-3H3,(H,17,20). The minimum atomic E-state index is -3.70. The molecule has 0 saturated carbocycles. The quantitative estimate of drug-likeness (QED) is 0.654. The molecular formula is C16H21N3O4S. The molecule has 0 aliphatic rings. The van der Waals surface area contributed by atoms with Crippen molar-refractivity contribution in [3.8, 4) is 12.3 Å². The van der Waals surface area contributed by atoms with Crippen molar-refractivity contribution in [2.75, 3.05) is 26.2 Å². The smallest absolute Gasteiger partial charge is 0.254 e. The predicted molar refractivity (Wildman–Crippen MR) is 90.7 cm³/mol. The van der Waals surface area contributed by atoms with Crippen LogP contribution in [0.2, 0.25) is 0 Å². The summed E-state index contributed by atoms with van der Waals surface area (Å²) in [6, 6.07) is 5.47. The summed E-state index contributed by atoms with van der Waals surface area (Å²) in [5, 5.41) is 2.63. The first-order valence-corrected chi connectivity index (χ1v) is 8.93. The van der Waals surface area contributed by atoms with Gasteiger partial charge >= 0.3 is 0 Å². The van der Waals surface area contributed by atoms with Crippen LogP contribution < -0.4 is 10.0 Å². The van der Waals surface area contributed by atoms with Crippen LogP contribution in [0.25, 0.3) is 0 Å². The zero-order valence-corrected chi connectivity index (χ0v) is 14.5. The Hall–Kier alpha value is -2.37. The first-order valence-electron chi connectivity index (χ1n) is 7.44. The van der Waals surface area contributed by atoms with Gasteiger partial charge in [0.2, 0.25) is 15.9 Å². The number of sulfonamides is 1. The molecule has 0 aromatic heterocycles. The molecule has 7 nitrogen and oxygen atoms in total. The highest BCUT2D eigenvalue weighted by atomic mass is 32.2. The molecule has 130 valence electrons. The highest BCUT2D eigenvalue weighted by Crippen LogP contribution is 2.12. The van der Waals surface area contributed by atoms with Crippen molar-refractivity contribution in [3.05, 3.63) is 29.8 Å². The average Bonchev–Trinajstić information content (AvgIpc) is 2.57. The molecule has 0 fully saturated rings. The molecule has 0 radical (unpaired) electrons. The maximum Gasteiger partial charge on any atom is 0.254 e. The lowest BCUT2D eigenvalue weighted by molar-refractivity contribution is -0.121. The molecule has 0 bridgehead atoms. The van der Waals surface area contributed by atoms with E-state index in [0.29, 0.717) is 18.7 Å². The van der Waals surface area contributed by atoms with E-state index in [1.807, 2.05) is 0 Å². The van der Waals surface area contributed by atoms with Crippen molar-refractivity contribution in [2.24, 2.45) is 0 Å². The normalized spacial score (nSPS) is 10.7. The fraction of sp³-hybridized carbons (Fsp3) is 0.375. The molecule has 2 N–H and O–H groups in total.